The molecular weight excluding hydrogens is 386 g/mol. The highest BCUT2D eigenvalue weighted by molar-refractivity contribution is 7.18. The Labute approximate surface area is 179 Å². The van der Waals surface area contributed by atoms with E-state index in [4.69, 9.17) is 4.98 Å². The van der Waals surface area contributed by atoms with Crippen molar-refractivity contribution in [3.63, 3.8) is 0 Å². The molecule has 1 N–H and O–H groups in total. The third-order valence-electron chi connectivity index (χ3n) is 5.41. The number of fused-ring (bicyclic) bond motifs is 2. The molecule has 0 aliphatic rings. The standard InChI is InChI=1S/C27H21NOS/c29-27(19-9-12-20-10-2-1-3-11-20,26-28-24-17-6-7-18-25(24)30-26)23-16-8-14-21-13-4-5-15-22(21)23/h1-18,29H,19H2/b12-9+. The third-order valence-corrected chi connectivity index (χ3v) is 6.59. The van der Waals surface area contributed by atoms with Gasteiger partial charge in [0, 0.05) is 6.42 Å². The molecule has 3 heteroatoms. The average molecular weight is 408 g/mol. The predicted molar refractivity (Wildman–Crippen MR) is 127 cm³/mol. The van der Waals surface area contributed by atoms with Gasteiger partial charge < -0.3 is 5.11 Å². The maximum absolute atomic E-state index is 12.1. The van der Waals surface area contributed by atoms with Crippen molar-refractivity contribution in [2.24, 2.45) is 0 Å². The fraction of sp³-hybridized carbons (Fsp3) is 0.0741. The largest absolute Gasteiger partial charge is 0.378 e. The first-order valence-electron chi connectivity index (χ1n) is 10.0. The summed E-state index contributed by atoms with van der Waals surface area (Å²) in [6.07, 6.45) is 4.54. The van der Waals surface area contributed by atoms with Crippen molar-refractivity contribution in [1.29, 1.82) is 0 Å². The van der Waals surface area contributed by atoms with Crippen molar-refractivity contribution in [3.8, 4) is 0 Å². The Morgan fingerprint density at radius 3 is 2.40 bits per heavy atom. The molecule has 146 valence electrons. The number of rotatable bonds is 5. The topological polar surface area (TPSA) is 33.1 Å². The van der Waals surface area contributed by atoms with Crippen LogP contribution in [0.1, 0.15) is 22.6 Å². The minimum atomic E-state index is -1.21. The van der Waals surface area contributed by atoms with Crippen molar-refractivity contribution in [1.82, 2.24) is 4.98 Å². The van der Waals surface area contributed by atoms with E-state index in [-0.39, 0.29) is 0 Å². The second kappa shape index (κ2) is 7.86. The number of benzene rings is 4. The van der Waals surface area contributed by atoms with Gasteiger partial charge in [-0.15, -0.1) is 11.3 Å². The van der Waals surface area contributed by atoms with Gasteiger partial charge in [-0.2, -0.15) is 0 Å². The molecule has 1 aromatic heterocycles. The van der Waals surface area contributed by atoms with E-state index in [1.165, 1.54) is 0 Å². The number of hydrogen-bond acceptors (Lipinski definition) is 3. The van der Waals surface area contributed by atoms with Crippen LogP contribution in [0.25, 0.3) is 27.1 Å². The second-order valence-electron chi connectivity index (χ2n) is 7.39. The van der Waals surface area contributed by atoms with Crippen LogP contribution >= 0.6 is 11.3 Å². The molecule has 0 amide bonds. The van der Waals surface area contributed by atoms with E-state index in [1.807, 2.05) is 66.7 Å². The van der Waals surface area contributed by atoms with Gasteiger partial charge in [0.15, 0.2) is 0 Å². The molecule has 0 radical (unpaired) electrons. The van der Waals surface area contributed by atoms with Crippen molar-refractivity contribution in [3.05, 3.63) is 119 Å². The molecule has 1 atom stereocenters. The summed E-state index contributed by atoms with van der Waals surface area (Å²) in [7, 11) is 0. The summed E-state index contributed by atoms with van der Waals surface area (Å²) in [5.41, 5.74) is 1.71. The first-order valence-corrected chi connectivity index (χ1v) is 10.8. The second-order valence-corrected chi connectivity index (χ2v) is 8.42. The Morgan fingerprint density at radius 2 is 1.53 bits per heavy atom. The number of hydrogen-bond donors (Lipinski definition) is 1. The van der Waals surface area contributed by atoms with Crippen LogP contribution in [-0.4, -0.2) is 10.1 Å². The first kappa shape index (κ1) is 18.7. The quantitative estimate of drug-likeness (QED) is 0.348. The lowest BCUT2D eigenvalue weighted by Crippen LogP contribution is -2.26. The molecule has 0 fully saturated rings. The molecule has 5 rings (SSSR count). The Balaban J connectivity index is 1.65. The normalized spacial score (nSPS) is 13.8. The van der Waals surface area contributed by atoms with Crippen molar-refractivity contribution in [2.45, 2.75) is 12.0 Å². The molecule has 4 aromatic carbocycles. The molecule has 0 saturated carbocycles. The van der Waals surface area contributed by atoms with Crippen LogP contribution in [0.3, 0.4) is 0 Å². The van der Waals surface area contributed by atoms with Crippen LogP contribution in [0, 0.1) is 0 Å². The maximum Gasteiger partial charge on any atom is 0.145 e. The zero-order valence-electron chi connectivity index (χ0n) is 16.4. The van der Waals surface area contributed by atoms with Gasteiger partial charge in [-0.1, -0.05) is 97.1 Å². The molecule has 0 saturated heterocycles. The van der Waals surface area contributed by atoms with Crippen molar-refractivity contribution < 1.29 is 5.11 Å². The molecule has 0 spiro atoms. The van der Waals surface area contributed by atoms with Gasteiger partial charge in [0.1, 0.15) is 10.6 Å². The molecule has 1 heterocycles. The van der Waals surface area contributed by atoms with Gasteiger partial charge in [0.05, 0.1) is 10.2 Å². The van der Waals surface area contributed by atoms with Crippen molar-refractivity contribution >= 4 is 38.4 Å². The Kier molecular flexibility index (Phi) is 4.91. The lowest BCUT2D eigenvalue weighted by atomic mass is 9.87. The van der Waals surface area contributed by atoms with Gasteiger partial charge in [0.2, 0.25) is 0 Å². The Morgan fingerprint density at radius 1 is 0.800 bits per heavy atom. The van der Waals surface area contributed by atoms with E-state index in [2.05, 4.69) is 42.5 Å². The van der Waals surface area contributed by atoms with Crippen molar-refractivity contribution in [2.75, 3.05) is 0 Å². The Hall–Kier alpha value is -3.27. The Bertz CT molecular complexity index is 1300. The minimum Gasteiger partial charge on any atom is -0.378 e. The summed E-state index contributed by atoms with van der Waals surface area (Å²) >= 11 is 1.56. The van der Waals surface area contributed by atoms with Gasteiger partial charge in [-0.3, -0.25) is 0 Å². The summed E-state index contributed by atoms with van der Waals surface area (Å²) in [5.74, 6) is 0. The maximum atomic E-state index is 12.1. The van der Waals surface area contributed by atoms with Crippen LogP contribution < -0.4 is 0 Å². The zero-order chi connectivity index (χ0) is 20.4. The van der Waals surface area contributed by atoms with E-state index in [9.17, 15) is 5.11 Å². The highest BCUT2D eigenvalue weighted by Gasteiger charge is 2.35. The molecule has 0 aliphatic carbocycles. The highest BCUT2D eigenvalue weighted by Crippen LogP contribution is 2.41. The van der Waals surface area contributed by atoms with Crippen LogP contribution in [0.4, 0.5) is 0 Å². The number of para-hydroxylation sites is 1. The zero-order valence-corrected chi connectivity index (χ0v) is 17.2. The summed E-state index contributed by atoms with van der Waals surface area (Å²) in [6.45, 7) is 0. The van der Waals surface area contributed by atoms with E-state index >= 15 is 0 Å². The lowest BCUT2D eigenvalue weighted by Gasteiger charge is -2.27. The molecule has 30 heavy (non-hydrogen) atoms. The molecule has 0 aliphatic heterocycles. The summed E-state index contributed by atoms with van der Waals surface area (Å²) in [6, 6.07) is 32.5. The van der Waals surface area contributed by atoms with Crippen LogP contribution in [0.5, 0.6) is 0 Å². The fourth-order valence-electron chi connectivity index (χ4n) is 3.88. The van der Waals surface area contributed by atoms with E-state index < -0.39 is 5.60 Å². The lowest BCUT2D eigenvalue weighted by molar-refractivity contribution is 0.0858. The fourth-order valence-corrected chi connectivity index (χ4v) is 4.96. The van der Waals surface area contributed by atoms with E-state index in [0.29, 0.717) is 6.42 Å². The predicted octanol–water partition coefficient (Wildman–Crippen LogP) is 6.79. The van der Waals surface area contributed by atoms with E-state index in [0.717, 1.165) is 37.1 Å². The molecule has 0 bridgehead atoms. The summed E-state index contributed by atoms with van der Waals surface area (Å²) < 4.78 is 1.08. The van der Waals surface area contributed by atoms with E-state index in [1.54, 1.807) is 11.3 Å². The highest BCUT2D eigenvalue weighted by atomic mass is 32.1. The molecule has 1 unspecified atom stereocenters. The van der Waals surface area contributed by atoms with Crippen LogP contribution in [0.2, 0.25) is 0 Å². The molecule has 2 nitrogen and oxygen atoms in total. The number of thiazole rings is 1. The number of aromatic nitrogens is 1. The van der Waals surface area contributed by atoms with Crippen LogP contribution in [0.15, 0.2) is 103 Å². The minimum absolute atomic E-state index is 0.440. The third kappa shape index (κ3) is 3.43. The monoisotopic (exact) mass is 407 g/mol. The molecule has 5 aromatic rings. The van der Waals surface area contributed by atoms with Gasteiger partial charge in [-0.05, 0) is 34.0 Å². The number of aliphatic hydroxyl groups is 1. The molecular formula is C27H21NOS. The first-order chi connectivity index (χ1) is 14.7. The average Bonchev–Trinajstić information content (AvgIpc) is 3.24. The SMILES string of the molecule is OC(C/C=C/c1ccccc1)(c1nc2ccccc2s1)c1cccc2ccccc12. The van der Waals surface area contributed by atoms with Gasteiger partial charge in [-0.25, -0.2) is 4.98 Å². The van der Waals surface area contributed by atoms with Gasteiger partial charge >= 0.3 is 0 Å². The summed E-state index contributed by atoms with van der Waals surface area (Å²) in [4.78, 5) is 4.83. The van der Waals surface area contributed by atoms with Crippen LogP contribution in [-0.2, 0) is 5.60 Å². The summed E-state index contributed by atoms with van der Waals surface area (Å²) in [5, 5.41) is 15.0. The number of nitrogens with zero attached hydrogens (tertiary/aromatic N) is 1. The van der Waals surface area contributed by atoms with Gasteiger partial charge in [0.25, 0.3) is 0 Å². The smallest absolute Gasteiger partial charge is 0.145 e.